The first-order valence-corrected chi connectivity index (χ1v) is 8.52. The lowest BCUT2D eigenvalue weighted by molar-refractivity contribution is 0.170. The van der Waals surface area contributed by atoms with Gasteiger partial charge in [-0.15, -0.1) is 11.3 Å². The van der Waals surface area contributed by atoms with Crippen LogP contribution in [-0.2, 0) is 16.6 Å². The van der Waals surface area contributed by atoms with Gasteiger partial charge in [-0.25, -0.2) is 8.42 Å². The van der Waals surface area contributed by atoms with Crippen LogP contribution in [0.1, 0.15) is 16.7 Å². The molecule has 1 saturated heterocycles. The molecule has 2 heterocycles. The van der Waals surface area contributed by atoms with Gasteiger partial charge in [0.15, 0.2) is 0 Å². The fourth-order valence-electron chi connectivity index (χ4n) is 2.46. The number of sulfonamides is 1. The quantitative estimate of drug-likeness (QED) is 0.900. The molecule has 1 aliphatic rings. The predicted molar refractivity (Wildman–Crippen MR) is 75.8 cm³/mol. The molecule has 0 saturated carbocycles. The molecule has 19 heavy (non-hydrogen) atoms. The summed E-state index contributed by atoms with van der Waals surface area (Å²) in [5.41, 5.74) is 0. The molecule has 1 aromatic heterocycles. The minimum Gasteiger partial charge on any atom is -0.391 e. The predicted octanol–water partition coefficient (Wildman–Crippen LogP) is 0.873. The van der Waals surface area contributed by atoms with E-state index in [9.17, 15) is 8.42 Å². The molecule has 1 fully saturated rings. The molecule has 0 aromatic carbocycles. The molecule has 1 aliphatic heterocycles. The van der Waals surface area contributed by atoms with Gasteiger partial charge in [0.25, 0.3) is 0 Å². The molecule has 1 atom stereocenters. The number of rotatable bonds is 3. The van der Waals surface area contributed by atoms with E-state index in [1.807, 2.05) is 14.0 Å². The van der Waals surface area contributed by atoms with Gasteiger partial charge in [0, 0.05) is 35.4 Å². The molecule has 108 valence electrons. The third-order valence-corrected chi connectivity index (χ3v) is 6.74. The van der Waals surface area contributed by atoms with Crippen LogP contribution in [0, 0.1) is 6.92 Å². The van der Waals surface area contributed by atoms with Crippen LogP contribution in [0.3, 0.4) is 0 Å². The first kappa shape index (κ1) is 14.9. The lowest BCUT2D eigenvalue weighted by Gasteiger charge is -2.37. The van der Waals surface area contributed by atoms with E-state index < -0.39 is 10.0 Å². The van der Waals surface area contributed by atoms with Crippen LogP contribution in [0.25, 0.3) is 0 Å². The van der Waals surface area contributed by atoms with Crippen LogP contribution in [0.4, 0.5) is 0 Å². The van der Waals surface area contributed by atoms with Gasteiger partial charge < -0.3 is 10.0 Å². The number of hydrogen-bond acceptors (Lipinski definition) is 5. The van der Waals surface area contributed by atoms with Crippen molar-refractivity contribution in [2.75, 3.05) is 26.7 Å². The van der Waals surface area contributed by atoms with Gasteiger partial charge in [-0.1, -0.05) is 0 Å². The second kappa shape index (κ2) is 5.49. The van der Waals surface area contributed by atoms with Crippen molar-refractivity contribution >= 4 is 21.4 Å². The highest BCUT2D eigenvalue weighted by Crippen LogP contribution is 2.29. The van der Waals surface area contributed by atoms with Gasteiger partial charge in [-0.2, -0.15) is 4.31 Å². The van der Waals surface area contributed by atoms with Crippen molar-refractivity contribution in [1.29, 1.82) is 0 Å². The van der Waals surface area contributed by atoms with Crippen molar-refractivity contribution in [3.8, 4) is 0 Å². The van der Waals surface area contributed by atoms with E-state index in [1.54, 1.807) is 17.3 Å². The number of aliphatic hydroxyl groups is 1. The highest BCUT2D eigenvalue weighted by Gasteiger charge is 2.34. The highest BCUT2D eigenvalue weighted by atomic mass is 32.2. The normalized spacial score (nSPS) is 22.8. The van der Waals surface area contributed by atoms with Crippen molar-refractivity contribution in [2.45, 2.75) is 31.4 Å². The third-order valence-electron chi connectivity index (χ3n) is 3.44. The van der Waals surface area contributed by atoms with E-state index in [2.05, 4.69) is 4.90 Å². The average Bonchev–Trinajstić information content (AvgIpc) is 2.70. The van der Waals surface area contributed by atoms with Crippen LogP contribution in [0.15, 0.2) is 11.0 Å². The molecule has 1 unspecified atom stereocenters. The Kier molecular flexibility index (Phi) is 4.32. The molecule has 0 spiro atoms. The molecule has 0 bridgehead atoms. The summed E-state index contributed by atoms with van der Waals surface area (Å²) in [7, 11) is -1.45. The van der Waals surface area contributed by atoms with Gasteiger partial charge in [0.1, 0.15) is 0 Å². The zero-order chi connectivity index (χ0) is 14.2. The van der Waals surface area contributed by atoms with Crippen molar-refractivity contribution in [3.05, 3.63) is 15.8 Å². The fraction of sp³-hybridized carbons (Fsp3) is 0.667. The summed E-state index contributed by atoms with van der Waals surface area (Å²) in [5, 5.41) is 9.13. The Balaban J connectivity index is 2.34. The maximum atomic E-state index is 12.7. The lowest BCUT2D eigenvalue weighted by atomic mass is 10.2. The summed E-state index contributed by atoms with van der Waals surface area (Å²) in [5.74, 6) is 0. The summed E-state index contributed by atoms with van der Waals surface area (Å²) in [6.45, 7) is 5.62. The monoisotopic (exact) mass is 304 g/mol. The van der Waals surface area contributed by atoms with Crippen molar-refractivity contribution in [3.63, 3.8) is 0 Å². The summed E-state index contributed by atoms with van der Waals surface area (Å²) >= 11 is 1.34. The zero-order valence-corrected chi connectivity index (χ0v) is 13.1. The average molecular weight is 304 g/mol. The third kappa shape index (κ3) is 2.85. The minimum atomic E-state index is -3.45. The summed E-state index contributed by atoms with van der Waals surface area (Å²) in [6, 6.07) is 1.57. The summed E-state index contributed by atoms with van der Waals surface area (Å²) < 4.78 is 26.9. The molecule has 7 heteroatoms. The fourth-order valence-corrected chi connectivity index (χ4v) is 5.54. The maximum absolute atomic E-state index is 12.7. The van der Waals surface area contributed by atoms with E-state index in [4.69, 9.17) is 5.11 Å². The topological polar surface area (TPSA) is 60.9 Å². The first-order valence-electron chi connectivity index (χ1n) is 6.27. The Hall–Kier alpha value is -0.470. The first-order chi connectivity index (χ1) is 8.86. The Morgan fingerprint density at radius 3 is 2.68 bits per heavy atom. The van der Waals surface area contributed by atoms with E-state index in [-0.39, 0.29) is 12.6 Å². The number of hydrogen-bond donors (Lipinski definition) is 1. The zero-order valence-electron chi connectivity index (χ0n) is 11.5. The van der Waals surface area contributed by atoms with Crippen LogP contribution in [0.2, 0.25) is 0 Å². The molecule has 0 aliphatic carbocycles. The number of aryl methyl sites for hydroxylation is 1. The summed E-state index contributed by atoms with van der Waals surface area (Å²) in [6.07, 6.45) is 0. The summed E-state index contributed by atoms with van der Waals surface area (Å²) in [4.78, 5) is 3.92. The van der Waals surface area contributed by atoms with Crippen molar-refractivity contribution < 1.29 is 13.5 Å². The smallest absolute Gasteiger partial charge is 0.244 e. The van der Waals surface area contributed by atoms with E-state index >= 15 is 0 Å². The SMILES string of the molecule is Cc1sc(CO)cc1S(=O)(=O)N1CCN(C)CC1C. The molecule has 2 rings (SSSR count). The number of piperazine rings is 1. The number of likely N-dealkylation sites (N-methyl/N-ethyl adjacent to an activating group) is 1. The van der Waals surface area contributed by atoms with Crippen molar-refractivity contribution in [2.24, 2.45) is 0 Å². The van der Waals surface area contributed by atoms with Gasteiger partial charge in [0.2, 0.25) is 10.0 Å². The second-order valence-corrected chi connectivity index (χ2v) is 8.22. The maximum Gasteiger partial charge on any atom is 0.244 e. The molecule has 0 radical (unpaired) electrons. The molecule has 1 aromatic rings. The van der Waals surface area contributed by atoms with Gasteiger partial charge in [0.05, 0.1) is 11.5 Å². The standard InChI is InChI=1S/C12H20N2O3S2/c1-9-7-13(3)4-5-14(9)19(16,17)12-6-11(8-15)18-10(12)2/h6,9,15H,4-5,7-8H2,1-3H3. The van der Waals surface area contributed by atoms with E-state index in [0.717, 1.165) is 18.0 Å². The number of thiophene rings is 1. The van der Waals surface area contributed by atoms with E-state index in [1.165, 1.54) is 11.3 Å². The van der Waals surface area contributed by atoms with Crippen LogP contribution in [-0.4, -0.2) is 55.5 Å². The van der Waals surface area contributed by atoms with Crippen LogP contribution in [0.5, 0.6) is 0 Å². The van der Waals surface area contributed by atoms with Crippen LogP contribution < -0.4 is 0 Å². The molecule has 5 nitrogen and oxygen atoms in total. The van der Waals surface area contributed by atoms with Gasteiger partial charge >= 0.3 is 0 Å². The highest BCUT2D eigenvalue weighted by molar-refractivity contribution is 7.89. The molecule has 0 amide bonds. The lowest BCUT2D eigenvalue weighted by Crippen LogP contribution is -2.52. The van der Waals surface area contributed by atoms with E-state index in [0.29, 0.717) is 16.3 Å². The Morgan fingerprint density at radius 2 is 2.16 bits per heavy atom. The van der Waals surface area contributed by atoms with Gasteiger partial charge in [-0.3, -0.25) is 0 Å². The number of nitrogens with zero attached hydrogens (tertiary/aromatic N) is 2. The number of aliphatic hydroxyl groups excluding tert-OH is 1. The van der Waals surface area contributed by atoms with Gasteiger partial charge in [-0.05, 0) is 27.0 Å². The Morgan fingerprint density at radius 1 is 1.47 bits per heavy atom. The molecular weight excluding hydrogens is 284 g/mol. The van der Waals surface area contributed by atoms with Crippen molar-refractivity contribution in [1.82, 2.24) is 9.21 Å². The Labute approximate surface area is 118 Å². The largest absolute Gasteiger partial charge is 0.391 e. The second-order valence-electron chi connectivity index (χ2n) is 5.02. The molecule has 1 N–H and O–H groups in total. The molecular formula is C12H20N2O3S2. The minimum absolute atomic E-state index is 0.0272. The Bertz CT molecular complexity index is 553. The van der Waals surface area contributed by atoms with Crippen LogP contribution >= 0.6 is 11.3 Å².